The average Bonchev–Trinajstić information content (AvgIpc) is 3.07. The number of carbonyl (C=O) groups excluding carboxylic acids is 1. The zero-order chi connectivity index (χ0) is 22.6. The van der Waals surface area contributed by atoms with Gasteiger partial charge in [-0.05, 0) is 24.6 Å². The van der Waals surface area contributed by atoms with E-state index in [4.69, 9.17) is 18.6 Å². The van der Waals surface area contributed by atoms with Gasteiger partial charge in [0.05, 0.1) is 19.3 Å². The first-order valence-electron chi connectivity index (χ1n) is 11.4. The van der Waals surface area contributed by atoms with Crippen molar-refractivity contribution in [3.8, 4) is 0 Å². The lowest BCUT2D eigenvalue weighted by atomic mass is 9.57. The molecule has 2 aliphatic carbocycles. The van der Waals surface area contributed by atoms with Gasteiger partial charge in [-0.25, -0.2) is 0 Å². The summed E-state index contributed by atoms with van der Waals surface area (Å²) in [5, 5.41) is 0.109. The van der Waals surface area contributed by atoms with Gasteiger partial charge in [0, 0.05) is 37.2 Å². The van der Waals surface area contributed by atoms with Crippen LogP contribution in [-0.4, -0.2) is 51.9 Å². The maximum atomic E-state index is 13.9. The Kier molecular flexibility index (Phi) is 6.04. The van der Waals surface area contributed by atoms with Gasteiger partial charge >= 0.3 is 0 Å². The number of rotatable bonds is 3. The van der Waals surface area contributed by atoms with Crippen molar-refractivity contribution in [3.05, 3.63) is 12.2 Å². The molecule has 0 aromatic carbocycles. The number of ketones is 1. The van der Waals surface area contributed by atoms with E-state index < -0.39 is 25.1 Å². The van der Waals surface area contributed by atoms with Crippen LogP contribution in [0.4, 0.5) is 0 Å². The fourth-order valence-electron chi connectivity index (χ4n) is 5.03. The third-order valence-corrected chi connectivity index (χ3v) is 12.8. The van der Waals surface area contributed by atoms with Crippen molar-refractivity contribution in [1.29, 1.82) is 0 Å². The molecule has 0 aromatic rings. The number of Topliss-reactive ketones (excluding diaryl/α,β-unsaturated/α-hetero) is 1. The summed E-state index contributed by atoms with van der Waals surface area (Å²) >= 11 is 0. The number of hydrogen-bond acceptors (Lipinski definition) is 5. The molecule has 5 nitrogen and oxygen atoms in total. The maximum Gasteiger partial charge on any atom is 0.192 e. The van der Waals surface area contributed by atoms with Crippen LogP contribution in [0.3, 0.4) is 0 Å². The molecule has 1 heterocycles. The summed E-state index contributed by atoms with van der Waals surface area (Å²) in [4.78, 5) is 13.9. The molecule has 1 saturated carbocycles. The molecule has 3 rings (SSSR count). The lowest BCUT2D eigenvalue weighted by Crippen LogP contribution is -2.63. The minimum absolute atomic E-state index is 0.108. The van der Waals surface area contributed by atoms with Gasteiger partial charge in [0.1, 0.15) is 5.60 Å². The third kappa shape index (κ3) is 3.87. The Bertz CT molecular complexity index is 701. The van der Waals surface area contributed by atoms with Crippen LogP contribution in [0.1, 0.15) is 67.2 Å². The lowest BCUT2D eigenvalue weighted by molar-refractivity contribution is -0.246. The van der Waals surface area contributed by atoms with Crippen LogP contribution in [-0.2, 0) is 23.4 Å². The van der Waals surface area contributed by atoms with E-state index in [0.29, 0.717) is 26.1 Å². The van der Waals surface area contributed by atoms with Crippen LogP contribution in [0, 0.1) is 10.8 Å². The highest BCUT2D eigenvalue weighted by Gasteiger charge is 2.63. The highest BCUT2D eigenvalue weighted by Crippen LogP contribution is 2.56. The Hall–Kier alpha value is -0.533. The lowest BCUT2D eigenvalue weighted by Gasteiger charge is -2.55. The fraction of sp³-hybridized carbons (Fsp3) is 0.875. The van der Waals surface area contributed by atoms with E-state index in [1.807, 2.05) is 0 Å². The molecule has 1 aliphatic heterocycles. The van der Waals surface area contributed by atoms with E-state index in [1.165, 1.54) is 0 Å². The van der Waals surface area contributed by atoms with Crippen LogP contribution in [0.5, 0.6) is 0 Å². The standard InChI is InChI=1S/C24H42O5Si/c1-20(2,3)30(8,9)29-19-10-11-22(6)12-13-23(27-14-15-28-23)17-24(22,26-7)18(25)16-21(19,4)5/h10-11,19H,12-17H2,1-9H3/b11-10-/t19-,22+,24-/m0/s1. The van der Waals surface area contributed by atoms with Crippen molar-refractivity contribution in [2.24, 2.45) is 10.8 Å². The number of methoxy groups -OCH3 is 1. The summed E-state index contributed by atoms with van der Waals surface area (Å²) in [7, 11) is -0.334. The molecule has 3 aliphatic rings. The summed E-state index contributed by atoms with van der Waals surface area (Å²) in [6, 6.07) is 0. The molecule has 1 spiro atoms. The summed E-state index contributed by atoms with van der Waals surface area (Å²) in [6.07, 6.45) is 6.70. The van der Waals surface area contributed by atoms with Crippen LogP contribution in [0.15, 0.2) is 12.2 Å². The van der Waals surface area contributed by atoms with Gasteiger partial charge in [0.2, 0.25) is 0 Å². The van der Waals surface area contributed by atoms with Crippen LogP contribution in [0.25, 0.3) is 0 Å². The number of fused-ring (bicyclic) bond motifs is 1. The molecular formula is C24H42O5Si. The molecule has 2 fully saturated rings. The van der Waals surface area contributed by atoms with E-state index in [9.17, 15) is 4.79 Å². The number of carbonyl (C=O) groups is 1. The maximum absolute atomic E-state index is 13.9. The molecule has 0 radical (unpaired) electrons. The SMILES string of the molecule is CO[C@]12CC3(CC[C@@]1(C)/C=C\[C@H](O[Si](C)(C)C(C)(C)C)C(C)(C)CC2=O)OCCO3. The first-order valence-corrected chi connectivity index (χ1v) is 14.3. The second-order valence-corrected chi connectivity index (χ2v) is 16.7. The van der Waals surface area contributed by atoms with Crippen LogP contribution >= 0.6 is 0 Å². The van der Waals surface area contributed by atoms with E-state index in [1.54, 1.807) is 7.11 Å². The fourth-order valence-corrected chi connectivity index (χ4v) is 6.42. The molecule has 0 aromatic heterocycles. The number of hydrogen-bond donors (Lipinski definition) is 0. The second-order valence-electron chi connectivity index (χ2n) is 12.0. The topological polar surface area (TPSA) is 54.0 Å². The Morgan fingerprint density at radius 3 is 2.23 bits per heavy atom. The van der Waals surface area contributed by atoms with E-state index in [0.717, 1.165) is 12.8 Å². The van der Waals surface area contributed by atoms with E-state index in [2.05, 4.69) is 66.8 Å². The molecule has 172 valence electrons. The van der Waals surface area contributed by atoms with Crippen molar-refractivity contribution in [1.82, 2.24) is 0 Å². The Morgan fingerprint density at radius 1 is 1.10 bits per heavy atom. The van der Waals surface area contributed by atoms with Crippen LogP contribution < -0.4 is 0 Å². The minimum atomic E-state index is -2.00. The van der Waals surface area contributed by atoms with Gasteiger partial charge in [-0.15, -0.1) is 0 Å². The summed E-state index contributed by atoms with van der Waals surface area (Å²) < 4.78 is 25.0. The van der Waals surface area contributed by atoms with Gasteiger partial charge < -0.3 is 18.6 Å². The summed E-state index contributed by atoms with van der Waals surface area (Å²) in [5.74, 6) is -0.566. The smallest absolute Gasteiger partial charge is 0.192 e. The first-order chi connectivity index (χ1) is 13.6. The Labute approximate surface area is 184 Å². The van der Waals surface area contributed by atoms with Crippen molar-refractivity contribution in [3.63, 3.8) is 0 Å². The molecular weight excluding hydrogens is 396 g/mol. The quantitative estimate of drug-likeness (QED) is 0.445. The van der Waals surface area contributed by atoms with Gasteiger partial charge in [-0.1, -0.05) is 53.7 Å². The number of ether oxygens (including phenoxy) is 3. The largest absolute Gasteiger partial charge is 0.410 e. The minimum Gasteiger partial charge on any atom is -0.410 e. The zero-order valence-electron chi connectivity index (χ0n) is 20.5. The van der Waals surface area contributed by atoms with Gasteiger partial charge in [0.15, 0.2) is 19.9 Å². The second kappa shape index (κ2) is 7.51. The first kappa shape index (κ1) is 24.1. The molecule has 1 saturated heterocycles. The molecule has 0 N–H and O–H groups in total. The molecule has 30 heavy (non-hydrogen) atoms. The van der Waals surface area contributed by atoms with Crippen molar-refractivity contribution in [2.45, 2.75) is 103 Å². The van der Waals surface area contributed by atoms with Crippen molar-refractivity contribution >= 4 is 14.1 Å². The molecule has 0 unspecified atom stereocenters. The Morgan fingerprint density at radius 2 is 1.70 bits per heavy atom. The van der Waals surface area contributed by atoms with Crippen LogP contribution in [0.2, 0.25) is 18.1 Å². The van der Waals surface area contributed by atoms with E-state index in [-0.39, 0.29) is 22.3 Å². The highest BCUT2D eigenvalue weighted by molar-refractivity contribution is 6.74. The van der Waals surface area contributed by atoms with Crippen molar-refractivity contribution < 1.29 is 23.4 Å². The predicted molar refractivity (Wildman–Crippen MR) is 121 cm³/mol. The average molecular weight is 439 g/mol. The summed E-state index contributed by atoms with van der Waals surface area (Å²) in [5.41, 5.74) is -1.71. The zero-order valence-corrected chi connectivity index (χ0v) is 21.5. The predicted octanol–water partition coefficient (Wildman–Crippen LogP) is 5.25. The van der Waals surface area contributed by atoms with Crippen molar-refractivity contribution in [2.75, 3.05) is 20.3 Å². The van der Waals surface area contributed by atoms with E-state index >= 15 is 0 Å². The molecule has 3 atom stereocenters. The summed E-state index contributed by atoms with van der Waals surface area (Å²) in [6.45, 7) is 18.9. The monoisotopic (exact) mass is 438 g/mol. The molecule has 6 heteroatoms. The van der Waals surface area contributed by atoms with Gasteiger partial charge in [-0.2, -0.15) is 0 Å². The normalized spacial score (nSPS) is 37.5. The van der Waals surface area contributed by atoms with Gasteiger partial charge in [0.25, 0.3) is 0 Å². The highest BCUT2D eigenvalue weighted by atomic mass is 28.4. The third-order valence-electron chi connectivity index (χ3n) is 8.33. The van der Waals surface area contributed by atoms with Gasteiger partial charge in [-0.3, -0.25) is 4.79 Å². The molecule has 0 amide bonds. The Balaban J connectivity index is 2.01. The molecule has 0 bridgehead atoms.